The van der Waals surface area contributed by atoms with Crippen LogP contribution in [0.2, 0.25) is 0 Å². The molecule has 0 saturated carbocycles. The maximum absolute atomic E-state index is 11.2. The third kappa shape index (κ3) is 15.7. The molecule has 0 aromatic rings. The number of hydrogen-bond donors (Lipinski definition) is 2. The van der Waals surface area contributed by atoms with Gasteiger partial charge >= 0.3 is 5.97 Å². The van der Waals surface area contributed by atoms with Crippen LogP contribution in [-0.4, -0.2) is 38.2 Å². The van der Waals surface area contributed by atoms with E-state index in [0.717, 1.165) is 25.5 Å². The van der Waals surface area contributed by atoms with Crippen LogP contribution in [0.5, 0.6) is 0 Å². The molecule has 126 valence electrons. The second-order valence-electron chi connectivity index (χ2n) is 4.66. The van der Waals surface area contributed by atoms with Crippen molar-refractivity contribution in [2.24, 2.45) is 4.99 Å². The van der Waals surface area contributed by atoms with Crippen molar-refractivity contribution in [2.45, 2.75) is 59.3 Å². The SMILES string of the molecule is CCCCCCNC(=NCCCC(=O)OCC)NCC.I. The van der Waals surface area contributed by atoms with Gasteiger partial charge in [0.1, 0.15) is 0 Å². The maximum Gasteiger partial charge on any atom is 0.305 e. The van der Waals surface area contributed by atoms with E-state index in [1.807, 2.05) is 13.8 Å². The summed E-state index contributed by atoms with van der Waals surface area (Å²) in [6, 6.07) is 0. The number of halogens is 1. The minimum atomic E-state index is -0.139. The Kier molecular flexibility index (Phi) is 19.0. The highest BCUT2D eigenvalue weighted by Crippen LogP contribution is 1.97. The topological polar surface area (TPSA) is 62.7 Å². The lowest BCUT2D eigenvalue weighted by atomic mass is 10.2. The number of nitrogens with zero attached hydrogens (tertiary/aromatic N) is 1. The zero-order chi connectivity index (χ0) is 15.1. The number of carbonyl (C=O) groups is 1. The van der Waals surface area contributed by atoms with E-state index in [1.54, 1.807) is 0 Å². The summed E-state index contributed by atoms with van der Waals surface area (Å²) >= 11 is 0. The first-order chi connectivity index (χ1) is 9.74. The molecule has 0 atom stereocenters. The normalized spacial score (nSPS) is 10.7. The summed E-state index contributed by atoms with van der Waals surface area (Å²) in [6.45, 7) is 8.97. The van der Waals surface area contributed by atoms with Crippen LogP contribution in [0.25, 0.3) is 0 Å². The van der Waals surface area contributed by atoms with E-state index < -0.39 is 0 Å². The average Bonchev–Trinajstić information content (AvgIpc) is 2.43. The molecule has 0 spiro atoms. The van der Waals surface area contributed by atoms with Crippen molar-refractivity contribution in [3.8, 4) is 0 Å². The van der Waals surface area contributed by atoms with Crippen LogP contribution in [-0.2, 0) is 9.53 Å². The predicted octanol–water partition coefficient (Wildman–Crippen LogP) is 3.08. The molecule has 0 bridgehead atoms. The van der Waals surface area contributed by atoms with Gasteiger partial charge in [-0.3, -0.25) is 9.79 Å². The minimum Gasteiger partial charge on any atom is -0.466 e. The third-order valence-corrected chi connectivity index (χ3v) is 2.78. The lowest BCUT2D eigenvalue weighted by molar-refractivity contribution is -0.143. The highest BCUT2D eigenvalue weighted by Gasteiger charge is 2.01. The number of nitrogens with one attached hydrogen (secondary N) is 2. The standard InChI is InChI=1S/C15H31N3O2.HI/c1-4-7-8-9-12-17-15(16-5-2)18-13-10-11-14(19)20-6-3;/h4-13H2,1-3H3,(H2,16,17,18);1H. The van der Waals surface area contributed by atoms with Crippen molar-refractivity contribution in [3.63, 3.8) is 0 Å². The van der Waals surface area contributed by atoms with E-state index in [9.17, 15) is 4.79 Å². The van der Waals surface area contributed by atoms with E-state index in [4.69, 9.17) is 4.74 Å². The summed E-state index contributed by atoms with van der Waals surface area (Å²) in [4.78, 5) is 15.6. The zero-order valence-corrected chi connectivity index (χ0v) is 16.1. The molecule has 5 nitrogen and oxygen atoms in total. The lowest BCUT2D eigenvalue weighted by Gasteiger charge is -2.11. The van der Waals surface area contributed by atoms with Crippen LogP contribution in [0.1, 0.15) is 59.3 Å². The molecule has 0 heterocycles. The highest BCUT2D eigenvalue weighted by molar-refractivity contribution is 14.0. The molecule has 6 heteroatoms. The quantitative estimate of drug-likeness (QED) is 0.180. The van der Waals surface area contributed by atoms with E-state index in [0.29, 0.717) is 19.6 Å². The molecule has 0 aromatic heterocycles. The van der Waals surface area contributed by atoms with Crippen molar-refractivity contribution in [1.82, 2.24) is 10.6 Å². The molecular weight excluding hydrogens is 381 g/mol. The summed E-state index contributed by atoms with van der Waals surface area (Å²) in [6.07, 6.45) is 6.13. The monoisotopic (exact) mass is 413 g/mol. The fourth-order valence-corrected chi connectivity index (χ4v) is 1.75. The van der Waals surface area contributed by atoms with Crippen molar-refractivity contribution in [1.29, 1.82) is 0 Å². The first kappa shape index (κ1) is 22.7. The van der Waals surface area contributed by atoms with Crippen molar-refractivity contribution in [2.75, 3.05) is 26.2 Å². The van der Waals surface area contributed by atoms with Crippen LogP contribution in [0.15, 0.2) is 4.99 Å². The molecule has 0 rings (SSSR count). The van der Waals surface area contributed by atoms with Crippen LogP contribution in [0.4, 0.5) is 0 Å². The molecule has 0 radical (unpaired) electrons. The van der Waals surface area contributed by atoms with E-state index >= 15 is 0 Å². The van der Waals surface area contributed by atoms with Crippen LogP contribution < -0.4 is 10.6 Å². The average molecular weight is 413 g/mol. The largest absolute Gasteiger partial charge is 0.466 e. The maximum atomic E-state index is 11.2. The zero-order valence-electron chi connectivity index (χ0n) is 13.7. The number of hydrogen-bond acceptors (Lipinski definition) is 3. The van der Waals surface area contributed by atoms with Crippen LogP contribution in [0.3, 0.4) is 0 Å². The number of aliphatic imine (C=N–C) groups is 1. The number of esters is 1. The predicted molar refractivity (Wildman–Crippen MR) is 99.4 cm³/mol. The first-order valence-corrected chi connectivity index (χ1v) is 7.92. The van der Waals surface area contributed by atoms with Gasteiger partial charge in [-0.15, -0.1) is 24.0 Å². The molecule has 2 N–H and O–H groups in total. The lowest BCUT2D eigenvalue weighted by Crippen LogP contribution is -2.37. The fraction of sp³-hybridized carbons (Fsp3) is 0.867. The second-order valence-corrected chi connectivity index (χ2v) is 4.66. The Bertz CT molecular complexity index is 274. The molecule has 0 fully saturated rings. The van der Waals surface area contributed by atoms with Crippen molar-refractivity contribution in [3.05, 3.63) is 0 Å². The van der Waals surface area contributed by atoms with E-state index in [2.05, 4.69) is 22.5 Å². The molecule has 0 amide bonds. The van der Waals surface area contributed by atoms with Gasteiger partial charge in [-0.2, -0.15) is 0 Å². The molecule has 21 heavy (non-hydrogen) atoms. The molecule has 0 aromatic carbocycles. The first-order valence-electron chi connectivity index (χ1n) is 7.92. The van der Waals surface area contributed by atoms with Gasteiger partial charge in [0.15, 0.2) is 5.96 Å². The summed E-state index contributed by atoms with van der Waals surface area (Å²) in [5.41, 5.74) is 0. The van der Waals surface area contributed by atoms with Gasteiger partial charge in [0, 0.05) is 26.1 Å². The molecule has 0 saturated heterocycles. The summed E-state index contributed by atoms with van der Waals surface area (Å²) in [7, 11) is 0. The summed E-state index contributed by atoms with van der Waals surface area (Å²) in [5.74, 6) is 0.702. The Hall–Kier alpha value is -0.530. The number of guanidine groups is 1. The van der Waals surface area contributed by atoms with Gasteiger partial charge in [-0.05, 0) is 26.7 Å². The van der Waals surface area contributed by atoms with Gasteiger partial charge in [-0.25, -0.2) is 0 Å². The van der Waals surface area contributed by atoms with Crippen molar-refractivity contribution < 1.29 is 9.53 Å². The molecule has 0 aliphatic rings. The van der Waals surface area contributed by atoms with Gasteiger partial charge < -0.3 is 15.4 Å². The molecule has 0 unspecified atom stereocenters. The molecule has 0 aliphatic carbocycles. The Morgan fingerprint density at radius 2 is 1.81 bits per heavy atom. The van der Waals surface area contributed by atoms with Gasteiger partial charge in [0.2, 0.25) is 0 Å². The summed E-state index contributed by atoms with van der Waals surface area (Å²) < 4.78 is 4.88. The number of unbranched alkanes of at least 4 members (excludes halogenated alkanes) is 3. The van der Waals surface area contributed by atoms with E-state index in [1.165, 1.54) is 25.7 Å². The van der Waals surface area contributed by atoms with Gasteiger partial charge in [0.05, 0.1) is 6.61 Å². The Labute approximate surface area is 146 Å². The number of ether oxygens (including phenoxy) is 1. The molecular formula is C15H32IN3O2. The summed E-state index contributed by atoms with van der Waals surface area (Å²) in [5, 5.41) is 6.53. The highest BCUT2D eigenvalue weighted by atomic mass is 127. The molecule has 0 aliphatic heterocycles. The minimum absolute atomic E-state index is 0. The van der Waals surface area contributed by atoms with Gasteiger partial charge in [-0.1, -0.05) is 26.2 Å². The fourth-order valence-electron chi connectivity index (χ4n) is 1.75. The second kappa shape index (κ2) is 17.5. The number of carbonyl (C=O) groups excluding carboxylic acids is 1. The van der Waals surface area contributed by atoms with Gasteiger partial charge in [0.25, 0.3) is 0 Å². The Balaban J connectivity index is 0. The Morgan fingerprint density at radius 3 is 2.43 bits per heavy atom. The van der Waals surface area contributed by atoms with Crippen LogP contribution >= 0.6 is 24.0 Å². The van der Waals surface area contributed by atoms with Crippen LogP contribution in [0, 0.1) is 0 Å². The third-order valence-electron chi connectivity index (χ3n) is 2.78. The van der Waals surface area contributed by atoms with E-state index in [-0.39, 0.29) is 29.9 Å². The van der Waals surface area contributed by atoms with Crippen molar-refractivity contribution >= 4 is 35.9 Å². The Morgan fingerprint density at radius 1 is 1.05 bits per heavy atom. The smallest absolute Gasteiger partial charge is 0.305 e. The number of rotatable bonds is 11.